The SMILES string of the molecule is Cc1cc(CN2CCS(=O)(=O)CC2)cc2c1NC(c1cc3sccc3cn1)N=C2. The Morgan fingerprint density at radius 1 is 1.24 bits per heavy atom. The minimum absolute atomic E-state index is 0.189. The predicted octanol–water partition coefficient (Wildman–Crippen LogP) is 3.38. The molecule has 1 aromatic carbocycles. The minimum Gasteiger partial charge on any atom is -0.358 e. The zero-order chi connectivity index (χ0) is 20.0. The fourth-order valence-corrected chi connectivity index (χ4v) is 6.03. The Morgan fingerprint density at radius 3 is 2.90 bits per heavy atom. The van der Waals surface area contributed by atoms with E-state index >= 15 is 0 Å². The number of rotatable bonds is 3. The maximum Gasteiger partial charge on any atom is 0.161 e. The molecular formula is C21H22N4O2S2. The van der Waals surface area contributed by atoms with Crippen molar-refractivity contribution in [3.8, 4) is 0 Å². The number of hydrogen-bond acceptors (Lipinski definition) is 7. The molecule has 2 aromatic heterocycles. The van der Waals surface area contributed by atoms with Crippen LogP contribution in [0.3, 0.4) is 0 Å². The number of thiophene rings is 1. The van der Waals surface area contributed by atoms with Crippen LogP contribution in [0.15, 0.2) is 40.8 Å². The largest absolute Gasteiger partial charge is 0.358 e. The Kier molecular flexibility index (Phi) is 4.64. The minimum atomic E-state index is -2.85. The van der Waals surface area contributed by atoms with Crippen LogP contribution < -0.4 is 5.32 Å². The first kappa shape index (κ1) is 18.7. The van der Waals surface area contributed by atoms with Crippen LogP contribution in [0, 0.1) is 6.92 Å². The van der Waals surface area contributed by atoms with Gasteiger partial charge in [-0.25, -0.2) is 8.42 Å². The zero-order valence-corrected chi connectivity index (χ0v) is 17.8. The number of hydrogen-bond donors (Lipinski definition) is 1. The van der Waals surface area contributed by atoms with Gasteiger partial charge in [0.05, 0.1) is 17.2 Å². The van der Waals surface area contributed by atoms with E-state index in [1.165, 1.54) is 10.3 Å². The summed E-state index contributed by atoms with van der Waals surface area (Å²) in [5.41, 5.74) is 5.42. The number of nitrogens with one attached hydrogen (secondary N) is 1. The van der Waals surface area contributed by atoms with Crippen LogP contribution in [-0.4, -0.2) is 49.1 Å². The summed E-state index contributed by atoms with van der Waals surface area (Å²) < 4.78 is 24.5. The number of fused-ring (bicyclic) bond motifs is 2. The summed E-state index contributed by atoms with van der Waals surface area (Å²) in [7, 11) is -2.85. The van der Waals surface area contributed by atoms with Crippen LogP contribution in [-0.2, 0) is 16.4 Å². The van der Waals surface area contributed by atoms with Crippen LogP contribution in [0.1, 0.15) is 28.6 Å². The summed E-state index contributed by atoms with van der Waals surface area (Å²) >= 11 is 1.71. The van der Waals surface area contributed by atoms with Crippen molar-refractivity contribution in [1.29, 1.82) is 0 Å². The van der Waals surface area contributed by atoms with Gasteiger partial charge in [-0.2, -0.15) is 0 Å². The van der Waals surface area contributed by atoms with Crippen molar-refractivity contribution in [2.75, 3.05) is 29.9 Å². The standard InChI is InChI=1S/C21H22N4O2S2/c1-14-8-15(13-25-3-6-29(26,27)7-4-25)9-17-12-23-21(24-20(14)17)18-10-19-16(11-22-18)2-5-28-19/h2,5,8-12,21,24H,3-4,6-7,13H2,1H3. The lowest BCUT2D eigenvalue weighted by atomic mass is 10.0. The highest BCUT2D eigenvalue weighted by atomic mass is 32.2. The molecule has 3 aromatic rings. The Balaban J connectivity index is 1.36. The lowest BCUT2D eigenvalue weighted by Crippen LogP contribution is -2.39. The van der Waals surface area contributed by atoms with Gasteiger partial charge in [-0.3, -0.25) is 14.9 Å². The third kappa shape index (κ3) is 3.80. The van der Waals surface area contributed by atoms with Crippen LogP contribution in [0.5, 0.6) is 0 Å². The fourth-order valence-electron chi connectivity index (χ4n) is 3.95. The van der Waals surface area contributed by atoms with Crippen molar-refractivity contribution in [2.24, 2.45) is 4.99 Å². The highest BCUT2D eigenvalue weighted by molar-refractivity contribution is 7.91. The molecule has 1 unspecified atom stereocenters. The number of benzene rings is 1. The molecular weight excluding hydrogens is 404 g/mol. The first-order chi connectivity index (χ1) is 14.0. The van der Waals surface area contributed by atoms with Gasteiger partial charge >= 0.3 is 0 Å². The summed E-state index contributed by atoms with van der Waals surface area (Å²) in [4.78, 5) is 11.5. The van der Waals surface area contributed by atoms with E-state index in [0.29, 0.717) is 13.1 Å². The fraction of sp³-hybridized carbons (Fsp3) is 0.333. The molecule has 0 amide bonds. The number of aromatic nitrogens is 1. The van der Waals surface area contributed by atoms with E-state index in [-0.39, 0.29) is 17.7 Å². The van der Waals surface area contributed by atoms with E-state index in [1.54, 1.807) is 11.3 Å². The van der Waals surface area contributed by atoms with Crippen molar-refractivity contribution >= 4 is 43.2 Å². The van der Waals surface area contributed by atoms with Gasteiger partial charge < -0.3 is 5.32 Å². The van der Waals surface area contributed by atoms with E-state index in [1.807, 2.05) is 12.4 Å². The van der Waals surface area contributed by atoms with Crippen LogP contribution in [0.25, 0.3) is 10.1 Å². The van der Waals surface area contributed by atoms with Crippen LogP contribution >= 0.6 is 11.3 Å². The maximum atomic E-state index is 11.6. The van der Waals surface area contributed by atoms with E-state index in [0.717, 1.165) is 34.4 Å². The number of pyridine rings is 1. The van der Waals surface area contributed by atoms with Crippen molar-refractivity contribution in [1.82, 2.24) is 9.88 Å². The monoisotopic (exact) mass is 426 g/mol. The summed E-state index contributed by atoms with van der Waals surface area (Å²) in [5, 5.41) is 6.76. The average molecular weight is 427 g/mol. The van der Waals surface area contributed by atoms with Crippen LogP contribution in [0.2, 0.25) is 0 Å². The molecule has 5 rings (SSSR count). The number of anilines is 1. The topological polar surface area (TPSA) is 74.7 Å². The Labute approximate surface area is 174 Å². The second-order valence-corrected chi connectivity index (χ2v) is 10.9. The number of aliphatic imine (C=N–C) groups is 1. The summed E-state index contributed by atoms with van der Waals surface area (Å²) in [6.45, 7) is 4.06. The normalized spacial score (nSPS) is 21.1. The number of aryl methyl sites for hydroxylation is 1. The average Bonchev–Trinajstić information content (AvgIpc) is 3.17. The molecule has 2 aliphatic heterocycles. The van der Waals surface area contributed by atoms with Crippen molar-refractivity contribution in [3.63, 3.8) is 0 Å². The quantitative estimate of drug-likeness (QED) is 0.695. The third-order valence-corrected chi connectivity index (χ3v) is 8.04. The molecule has 0 saturated carbocycles. The van der Waals surface area contributed by atoms with Gasteiger partial charge in [-0.1, -0.05) is 6.07 Å². The molecule has 6 nitrogen and oxygen atoms in total. The Hall–Kier alpha value is -2.29. The highest BCUT2D eigenvalue weighted by Gasteiger charge is 2.23. The van der Waals surface area contributed by atoms with Gasteiger partial charge in [0.1, 0.15) is 0 Å². The third-order valence-electron chi connectivity index (χ3n) is 5.55. The molecule has 0 radical (unpaired) electrons. The lowest BCUT2D eigenvalue weighted by molar-refractivity contribution is 0.287. The molecule has 29 heavy (non-hydrogen) atoms. The van der Waals surface area contributed by atoms with Gasteiger partial charge in [-0.05, 0) is 41.6 Å². The molecule has 150 valence electrons. The molecule has 1 N–H and O–H groups in total. The van der Waals surface area contributed by atoms with E-state index in [4.69, 9.17) is 4.99 Å². The van der Waals surface area contributed by atoms with E-state index in [2.05, 4.69) is 51.8 Å². The van der Waals surface area contributed by atoms with Gasteiger partial charge in [0.2, 0.25) is 0 Å². The molecule has 2 aliphatic rings. The first-order valence-electron chi connectivity index (χ1n) is 9.66. The van der Waals surface area contributed by atoms with Crippen molar-refractivity contribution in [2.45, 2.75) is 19.6 Å². The van der Waals surface area contributed by atoms with E-state index in [9.17, 15) is 8.42 Å². The first-order valence-corrected chi connectivity index (χ1v) is 12.4. The second kappa shape index (κ2) is 7.19. The van der Waals surface area contributed by atoms with Crippen molar-refractivity contribution < 1.29 is 8.42 Å². The maximum absolute atomic E-state index is 11.6. The number of sulfone groups is 1. The van der Waals surface area contributed by atoms with Gasteiger partial charge in [0, 0.05) is 53.4 Å². The van der Waals surface area contributed by atoms with E-state index < -0.39 is 9.84 Å². The Bertz CT molecular complexity index is 1200. The molecule has 0 bridgehead atoms. The molecule has 4 heterocycles. The number of nitrogens with zero attached hydrogens (tertiary/aromatic N) is 3. The van der Waals surface area contributed by atoms with Crippen molar-refractivity contribution in [3.05, 3.63) is 58.2 Å². The van der Waals surface area contributed by atoms with Crippen LogP contribution in [0.4, 0.5) is 5.69 Å². The molecule has 1 saturated heterocycles. The Morgan fingerprint density at radius 2 is 2.07 bits per heavy atom. The zero-order valence-electron chi connectivity index (χ0n) is 16.1. The molecule has 1 atom stereocenters. The molecule has 8 heteroatoms. The lowest BCUT2D eigenvalue weighted by Gasteiger charge is -2.28. The van der Waals surface area contributed by atoms with Gasteiger partial charge in [0.25, 0.3) is 0 Å². The van der Waals surface area contributed by atoms with Gasteiger partial charge in [0.15, 0.2) is 16.0 Å². The molecule has 0 spiro atoms. The summed E-state index contributed by atoms with van der Waals surface area (Å²) in [6.07, 6.45) is 3.64. The van der Waals surface area contributed by atoms with Gasteiger partial charge in [-0.15, -0.1) is 11.3 Å². The second-order valence-electron chi connectivity index (χ2n) is 7.70. The molecule has 0 aliphatic carbocycles. The highest BCUT2D eigenvalue weighted by Crippen LogP contribution is 2.32. The summed E-state index contributed by atoms with van der Waals surface area (Å²) in [5.74, 6) is 0.506. The molecule has 1 fully saturated rings. The summed E-state index contributed by atoms with van der Waals surface area (Å²) in [6, 6.07) is 8.51. The smallest absolute Gasteiger partial charge is 0.161 e. The predicted molar refractivity (Wildman–Crippen MR) is 119 cm³/mol.